The van der Waals surface area contributed by atoms with Gasteiger partial charge < -0.3 is 9.47 Å². The lowest BCUT2D eigenvalue weighted by atomic mass is 9.94. The Labute approximate surface area is 149 Å². The minimum absolute atomic E-state index is 0.0228. The molecular weight excluding hydrogens is 338 g/mol. The zero-order valence-corrected chi connectivity index (χ0v) is 15.1. The van der Waals surface area contributed by atoms with Crippen LogP contribution in [-0.4, -0.2) is 43.0 Å². The van der Waals surface area contributed by atoms with Crippen LogP contribution in [0.2, 0.25) is 0 Å². The van der Waals surface area contributed by atoms with Gasteiger partial charge in [0.15, 0.2) is 0 Å². The van der Waals surface area contributed by atoms with E-state index in [4.69, 9.17) is 0 Å². The first-order valence-corrected chi connectivity index (χ1v) is 9.66. The molecule has 25 heavy (non-hydrogen) atoms. The van der Waals surface area contributed by atoms with E-state index in [1.54, 1.807) is 6.07 Å². The molecule has 0 saturated carbocycles. The van der Waals surface area contributed by atoms with E-state index in [9.17, 15) is 9.59 Å². The maximum atomic E-state index is 12.9. The van der Waals surface area contributed by atoms with Gasteiger partial charge in [-0.15, -0.1) is 5.10 Å². The number of amides is 1. The van der Waals surface area contributed by atoms with Crippen molar-refractivity contribution in [1.29, 1.82) is 0 Å². The molecular formula is C17H21N5O2S. The van der Waals surface area contributed by atoms with Crippen LogP contribution in [0.25, 0.3) is 0 Å². The highest BCUT2D eigenvalue weighted by Gasteiger charge is 2.30. The third-order valence-electron chi connectivity index (χ3n) is 5.13. The van der Waals surface area contributed by atoms with Gasteiger partial charge in [0.25, 0.3) is 11.5 Å². The van der Waals surface area contributed by atoms with Crippen molar-refractivity contribution >= 4 is 17.4 Å². The van der Waals surface area contributed by atoms with Crippen molar-refractivity contribution in [3.8, 4) is 0 Å². The fourth-order valence-corrected chi connectivity index (χ4v) is 4.62. The van der Waals surface area contributed by atoms with Crippen molar-refractivity contribution in [2.45, 2.75) is 51.5 Å². The number of aromatic nitrogens is 4. The Bertz CT molecular complexity index is 859. The van der Waals surface area contributed by atoms with E-state index in [0.717, 1.165) is 56.0 Å². The van der Waals surface area contributed by atoms with Crippen molar-refractivity contribution in [1.82, 2.24) is 24.0 Å². The SMILES string of the molecule is CCc1nnsc1C(=O)N1CCC[C@H](c2cc(=O)nc3n2CCC3)C1. The van der Waals surface area contributed by atoms with Crippen LogP contribution in [0.15, 0.2) is 10.9 Å². The van der Waals surface area contributed by atoms with Gasteiger partial charge in [0, 0.05) is 43.7 Å². The van der Waals surface area contributed by atoms with Gasteiger partial charge in [-0.3, -0.25) is 9.59 Å². The van der Waals surface area contributed by atoms with Crippen LogP contribution in [0.5, 0.6) is 0 Å². The summed E-state index contributed by atoms with van der Waals surface area (Å²) in [6, 6.07) is 1.67. The molecule has 8 heteroatoms. The summed E-state index contributed by atoms with van der Waals surface area (Å²) in [6.45, 7) is 4.29. The van der Waals surface area contributed by atoms with E-state index in [-0.39, 0.29) is 17.4 Å². The van der Waals surface area contributed by atoms with Crippen LogP contribution in [0, 0.1) is 0 Å². The number of aryl methyl sites for hydroxylation is 2. The van der Waals surface area contributed by atoms with Crippen LogP contribution in [0.1, 0.15) is 59.0 Å². The summed E-state index contributed by atoms with van der Waals surface area (Å²) in [7, 11) is 0. The molecule has 0 N–H and O–H groups in total. The van der Waals surface area contributed by atoms with E-state index in [0.29, 0.717) is 17.8 Å². The summed E-state index contributed by atoms with van der Waals surface area (Å²) in [5, 5.41) is 4.05. The molecule has 132 valence electrons. The van der Waals surface area contributed by atoms with Crippen molar-refractivity contribution in [2.75, 3.05) is 13.1 Å². The summed E-state index contributed by atoms with van der Waals surface area (Å²) in [5.74, 6) is 1.11. The summed E-state index contributed by atoms with van der Waals surface area (Å²) in [6.07, 6.45) is 4.54. The van der Waals surface area contributed by atoms with E-state index < -0.39 is 0 Å². The van der Waals surface area contributed by atoms with E-state index in [2.05, 4.69) is 19.1 Å². The highest BCUT2D eigenvalue weighted by molar-refractivity contribution is 7.08. The number of hydrogen-bond donors (Lipinski definition) is 0. The van der Waals surface area contributed by atoms with Gasteiger partial charge in [0.1, 0.15) is 10.7 Å². The Kier molecular flexibility index (Phi) is 4.37. The van der Waals surface area contributed by atoms with Crippen LogP contribution >= 0.6 is 11.5 Å². The third kappa shape index (κ3) is 2.99. The Morgan fingerprint density at radius 1 is 1.36 bits per heavy atom. The maximum absolute atomic E-state index is 12.9. The molecule has 2 aromatic rings. The second-order valence-electron chi connectivity index (χ2n) is 6.68. The highest BCUT2D eigenvalue weighted by Crippen LogP contribution is 2.30. The van der Waals surface area contributed by atoms with Crippen LogP contribution < -0.4 is 5.56 Å². The molecule has 0 unspecified atom stereocenters. The molecule has 2 aliphatic rings. The Morgan fingerprint density at radius 3 is 3.08 bits per heavy atom. The van der Waals surface area contributed by atoms with Gasteiger partial charge in [-0.25, -0.2) is 0 Å². The molecule has 0 spiro atoms. The summed E-state index contributed by atoms with van der Waals surface area (Å²) < 4.78 is 6.12. The molecule has 0 aliphatic carbocycles. The fourth-order valence-electron chi connectivity index (χ4n) is 3.90. The lowest BCUT2D eigenvalue weighted by Crippen LogP contribution is -2.40. The van der Waals surface area contributed by atoms with Crippen molar-refractivity contribution in [2.24, 2.45) is 0 Å². The lowest BCUT2D eigenvalue weighted by molar-refractivity contribution is 0.0708. The summed E-state index contributed by atoms with van der Waals surface area (Å²) in [5.41, 5.74) is 1.66. The number of piperidine rings is 1. The summed E-state index contributed by atoms with van der Waals surface area (Å²) in [4.78, 5) is 31.5. The van der Waals surface area contributed by atoms with Gasteiger partial charge in [-0.2, -0.15) is 4.98 Å². The largest absolute Gasteiger partial charge is 0.337 e. The van der Waals surface area contributed by atoms with Gasteiger partial charge >= 0.3 is 0 Å². The average molecular weight is 359 g/mol. The Hall–Kier alpha value is -2.09. The number of carbonyl (C=O) groups excluding carboxylic acids is 1. The second kappa shape index (κ2) is 6.67. The second-order valence-corrected chi connectivity index (χ2v) is 7.44. The smallest absolute Gasteiger partial charge is 0.273 e. The van der Waals surface area contributed by atoms with Crippen LogP contribution in [0.3, 0.4) is 0 Å². The van der Waals surface area contributed by atoms with Crippen LogP contribution in [-0.2, 0) is 19.4 Å². The molecule has 4 rings (SSSR count). The number of hydrogen-bond acceptors (Lipinski definition) is 6. The summed E-state index contributed by atoms with van der Waals surface area (Å²) >= 11 is 1.18. The van der Waals surface area contributed by atoms with Gasteiger partial charge in [0.05, 0.1) is 5.69 Å². The number of rotatable bonds is 3. The molecule has 2 aromatic heterocycles. The Balaban J connectivity index is 1.60. The maximum Gasteiger partial charge on any atom is 0.273 e. The third-order valence-corrected chi connectivity index (χ3v) is 5.88. The van der Waals surface area contributed by atoms with Crippen LogP contribution in [0.4, 0.5) is 0 Å². The standard InChI is InChI=1S/C17H21N5O2S/c1-2-12-16(25-20-19-12)17(24)21-7-3-5-11(10-21)13-9-15(23)18-14-6-4-8-22(13)14/h9,11H,2-8,10H2,1H3/t11-/m0/s1. The van der Waals surface area contributed by atoms with Gasteiger partial charge in [-0.05, 0) is 37.2 Å². The zero-order valence-electron chi connectivity index (χ0n) is 14.3. The quantitative estimate of drug-likeness (QED) is 0.832. The van der Waals surface area contributed by atoms with Gasteiger partial charge in [0.2, 0.25) is 0 Å². The Morgan fingerprint density at radius 2 is 2.24 bits per heavy atom. The average Bonchev–Trinajstić information content (AvgIpc) is 3.29. The van der Waals surface area contributed by atoms with E-state index in [1.807, 2.05) is 11.8 Å². The predicted octanol–water partition coefficient (Wildman–Crippen LogP) is 1.62. The monoisotopic (exact) mass is 359 g/mol. The lowest BCUT2D eigenvalue weighted by Gasteiger charge is -2.33. The molecule has 0 radical (unpaired) electrons. The predicted molar refractivity (Wildman–Crippen MR) is 94.0 cm³/mol. The molecule has 0 aromatic carbocycles. The molecule has 1 amide bonds. The number of nitrogens with zero attached hydrogens (tertiary/aromatic N) is 5. The first-order valence-electron chi connectivity index (χ1n) is 8.88. The molecule has 1 atom stereocenters. The molecule has 7 nitrogen and oxygen atoms in total. The normalized spacial score (nSPS) is 19.9. The minimum Gasteiger partial charge on any atom is -0.337 e. The highest BCUT2D eigenvalue weighted by atomic mass is 32.1. The zero-order chi connectivity index (χ0) is 17.4. The molecule has 2 aliphatic heterocycles. The first-order chi connectivity index (χ1) is 12.2. The number of fused-ring (bicyclic) bond motifs is 1. The van der Waals surface area contributed by atoms with Crippen molar-refractivity contribution < 1.29 is 4.79 Å². The fraction of sp³-hybridized carbons (Fsp3) is 0.588. The van der Waals surface area contributed by atoms with Crippen molar-refractivity contribution in [3.63, 3.8) is 0 Å². The van der Waals surface area contributed by atoms with Crippen molar-refractivity contribution in [3.05, 3.63) is 38.5 Å². The minimum atomic E-state index is -0.161. The van der Waals surface area contributed by atoms with E-state index >= 15 is 0 Å². The number of carbonyl (C=O) groups is 1. The first kappa shape index (κ1) is 16.4. The van der Waals surface area contributed by atoms with Gasteiger partial charge in [-0.1, -0.05) is 11.4 Å². The van der Waals surface area contributed by atoms with E-state index in [1.165, 1.54) is 11.5 Å². The number of likely N-dealkylation sites (tertiary alicyclic amines) is 1. The molecule has 1 saturated heterocycles. The topological polar surface area (TPSA) is 81.0 Å². The molecule has 0 bridgehead atoms. The molecule has 1 fully saturated rings. The molecule has 4 heterocycles.